The summed E-state index contributed by atoms with van der Waals surface area (Å²) in [5.41, 5.74) is 1.08. The van der Waals surface area contributed by atoms with Crippen molar-refractivity contribution in [3.63, 3.8) is 0 Å². The molecule has 1 N–H and O–H groups in total. The van der Waals surface area contributed by atoms with Crippen LogP contribution in [0.3, 0.4) is 0 Å². The number of para-hydroxylation sites is 2. The molecule has 0 atom stereocenters. The molecule has 0 saturated heterocycles. The van der Waals surface area contributed by atoms with Gasteiger partial charge < -0.3 is 10.1 Å². The Bertz CT molecular complexity index is 633. The van der Waals surface area contributed by atoms with Gasteiger partial charge in [-0.3, -0.25) is 0 Å². The largest absolute Gasteiger partial charge is 0.492 e. The maximum Gasteiger partial charge on any atom is 0.119 e. The fourth-order valence-electron chi connectivity index (χ4n) is 1.95. The summed E-state index contributed by atoms with van der Waals surface area (Å²) in [6.45, 7) is 2.26. The van der Waals surface area contributed by atoms with Crippen LogP contribution in [0.15, 0.2) is 54.6 Å². The summed E-state index contributed by atoms with van der Waals surface area (Å²) in [6, 6.07) is 18.1. The van der Waals surface area contributed by atoms with E-state index in [2.05, 4.69) is 16.4 Å². The summed E-state index contributed by atoms with van der Waals surface area (Å²) in [5, 5.41) is 4.47. The number of hydrogen-bond acceptors (Lipinski definition) is 4. The van der Waals surface area contributed by atoms with Crippen molar-refractivity contribution in [3.8, 4) is 5.75 Å². The molecule has 0 fully saturated rings. The van der Waals surface area contributed by atoms with Gasteiger partial charge in [0.25, 0.3) is 0 Å². The standard InChI is InChI=1S/C16H16N2OS/c1-2-6-13(7-3-1)19-11-10-17-12-16-18-14-8-4-5-9-15(14)20-16/h1-9,17H,10-12H2. The topological polar surface area (TPSA) is 34.1 Å². The Kier molecular flexibility index (Phi) is 4.25. The van der Waals surface area contributed by atoms with E-state index >= 15 is 0 Å². The molecule has 0 aliphatic heterocycles. The minimum atomic E-state index is 0.662. The molecule has 0 radical (unpaired) electrons. The van der Waals surface area contributed by atoms with E-state index in [0.29, 0.717) is 6.61 Å². The van der Waals surface area contributed by atoms with Crippen molar-refractivity contribution in [2.75, 3.05) is 13.2 Å². The zero-order valence-corrected chi connectivity index (χ0v) is 11.9. The van der Waals surface area contributed by atoms with Crippen molar-refractivity contribution in [3.05, 3.63) is 59.6 Å². The Morgan fingerprint density at radius 3 is 2.65 bits per heavy atom. The molecule has 1 heterocycles. The fourth-order valence-corrected chi connectivity index (χ4v) is 2.89. The lowest BCUT2D eigenvalue weighted by atomic mass is 10.3. The summed E-state index contributed by atoms with van der Waals surface area (Å²) in [4.78, 5) is 4.58. The van der Waals surface area contributed by atoms with E-state index in [-0.39, 0.29) is 0 Å². The van der Waals surface area contributed by atoms with Gasteiger partial charge in [-0.15, -0.1) is 11.3 Å². The summed E-state index contributed by atoms with van der Waals surface area (Å²) >= 11 is 1.74. The highest BCUT2D eigenvalue weighted by Gasteiger charge is 2.02. The second-order valence-electron chi connectivity index (χ2n) is 4.41. The smallest absolute Gasteiger partial charge is 0.119 e. The van der Waals surface area contributed by atoms with E-state index in [1.54, 1.807) is 11.3 Å². The molecule has 0 unspecified atom stereocenters. The van der Waals surface area contributed by atoms with Crippen LogP contribution < -0.4 is 10.1 Å². The van der Waals surface area contributed by atoms with E-state index in [0.717, 1.165) is 29.4 Å². The molecular weight excluding hydrogens is 268 g/mol. The van der Waals surface area contributed by atoms with Gasteiger partial charge in [-0.1, -0.05) is 30.3 Å². The zero-order valence-electron chi connectivity index (χ0n) is 11.1. The molecule has 3 nitrogen and oxygen atoms in total. The highest BCUT2D eigenvalue weighted by atomic mass is 32.1. The van der Waals surface area contributed by atoms with Gasteiger partial charge in [0.15, 0.2) is 0 Å². The third-order valence-electron chi connectivity index (χ3n) is 2.91. The van der Waals surface area contributed by atoms with Crippen LogP contribution in [-0.4, -0.2) is 18.1 Å². The molecule has 102 valence electrons. The van der Waals surface area contributed by atoms with E-state index in [1.165, 1.54) is 4.70 Å². The third kappa shape index (κ3) is 3.35. The van der Waals surface area contributed by atoms with Crippen LogP contribution in [0.4, 0.5) is 0 Å². The first-order valence-electron chi connectivity index (χ1n) is 6.65. The normalized spacial score (nSPS) is 10.8. The molecule has 0 bridgehead atoms. The average Bonchev–Trinajstić information content (AvgIpc) is 2.90. The Hall–Kier alpha value is -1.91. The minimum Gasteiger partial charge on any atom is -0.492 e. The lowest BCUT2D eigenvalue weighted by molar-refractivity contribution is 0.313. The number of nitrogens with zero attached hydrogens (tertiary/aromatic N) is 1. The van der Waals surface area contributed by atoms with Crippen LogP contribution in [0.25, 0.3) is 10.2 Å². The highest BCUT2D eigenvalue weighted by molar-refractivity contribution is 7.18. The first kappa shape index (κ1) is 13.1. The lowest BCUT2D eigenvalue weighted by Gasteiger charge is -2.06. The third-order valence-corrected chi connectivity index (χ3v) is 3.94. The number of rotatable bonds is 6. The van der Waals surface area contributed by atoms with Crippen molar-refractivity contribution in [2.24, 2.45) is 0 Å². The van der Waals surface area contributed by atoms with Gasteiger partial charge in [-0.2, -0.15) is 0 Å². The van der Waals surface area contributed by atoms with Gasteiger partial charge in [0.2, 0.25) is 0 Å². The fraction of sp³-hybridized carbons (Fsp3) is 0.188. The molecule has 2 aromatic carbocycles. The van der Waals surface area contributed by atoms with Gasteiger partial charge in [-0.05, 0) is 24.3 Å². The van der Waals surface area contributed by atoms with Crippen LogP contribution in [0, 0.1) is 0 Å². The van der Waals surface area contributed by atoms with E-state index < -0.39 is 0 Å². The summed E-state index contributed by atoms with van der Waals surface area (Å²) in [7, 11) is 0. The molecule has 1 aromatic heterocycles. The molecule has 0 aliphatic carbocycles. The van der Waals surface area contributed by atoms with Gasteiger partial charge >= 0.3 is 0 Å². The quantitative estimate of drug-likeness (QED) is 0.704. The Balaban J connectivity index is 1.43. The summed E-state index contributed by atoms with van der Waals surface area (Å²) in [6.07, 6.45) is 0. The van der Waals surface area contributed by atoms with Crippen LogP contribution >= 0.6 is 11.3 Å². The summed E-state index contributed by atoms with van der Waals surface area (Å²) in [5.74, 6) is 0.911. The minimum absolute atomic E-state index is 0.662. The predicted molar refractivity (Wildman–Crippen MR) is 83.3 cm³/mol. The Morgan fingerprint density at radius 1 is 1.00 bits per heavy atom. The van der Waals surface area contributed by atoms with Gasteiger partial charge in [0.1, 0.15) is 17.4 Å². The second-order valence-corrected chi connectivity index (χ2v) is 5.53. The van der Waals surface area contributed by atoms with E-state index in [4.69, 9.17) is 4.74 Å². The predicted octanol–water partition coefficient (Wildman–Crippen LogP) is 3.46. The SMILES string of the molecule is c1ccc(OCCNCc2nc3ccccc3s2)cc1. The monoisotopic (exact) mass is 284 g/mol. The molecule has 0 amide bonds. The maximum absolute atomic E-state index is 5.62. The number of benzene rings is 2. The zero-order chi connectivity index (χ0) is 13.6. The number of ether oxygens (including phenoxy) is 1. The molecular formula is C16H16N2OS. The summed E-state index contributed by atoms with van der Waals surface area (Å²) < 4.78 is 6.86. The lowest BCUT2D eigenvalue weighted by Crippen LogP contribution is -2.20. The highest BCUT2D eigenvalue weighted by Crippen LogP contribution is 2.21. The molecule has 3 aromatic rings. The van der Waals surface area contributed by atoms with Crippen LogP contribution in [0.2, 0.25) is 0 Å². The Morgan fingerprint density at radius 2 is 1.80 bits per heavy atom. The maximum atomic E-state index is 5.62. The van der Waals surface area contributed by atoms with Crippen molar-refractivity contribution in [1.29, 1.82) is 0 Å². The molecule has 0 spiro atoms. The van der Waals surface area contributed by atoms with Crippen molar-refractivity contribution < 1.29 is 4.74 Å². The first-order chi connectivity index (χ1) is 9.92. The van der Waals surface area contributed by atoms with Crippen LogP contribution in [-0.2, 0) is 6.54 Å². The Labute approximate surface area is 122 Å². The number of fused-ring (bicyclic) bond motifs is 1. The number of hydrogen-bond donors (Lipinski definition) is 1. The van der Waals surface area contributed by atoms with Crippen molar-refractivity contribution in [1.82, 2.24) is 10.3 Å². The van der Waals surface area contributed by atoms with Crippen LogP contribution in [0.5, 0.6) is 5.75 Å². The molecule has 3 rings (SSSR count). The van der Waals surface area contributed by atoms with Gasteiger partial charge in [0.05, 0.1) is 10.2 Å². The second kappa shape index (κ2) is 6.50. The number of thiazole rings is 1. The van der Waals surface area contributed by atoms with E-state index in [9.17, 15) is 0 Å². The number of nitrogens with one attached hydrogen (secondary N) is 1. The first-order valence-corrected chi connectivity index (χ1v) is 7.46. The molecule has 0 saturated carbocycles. The van der Waals surface area contributed by atoms with Gasteiger partial charge in [-0.25, -0.2) is 4.98 Å². The van der Waals surface area contributed by atoms with Crippen molar-refractivity contribution >= 4 is 21.6 Å². The van der Waals surface area contributed by atoms with Crippen LogP contribution in [0.1, 0.15) is 5.01 Å². The van der Waals surface area contributed by atoms with Gasteiger partial charge in [0, 0.05) is 13.1 Å². The average molecular weight is 284 g/mol. The molecule has 20 heavy (non-hydrogen) atoms. The molecule has 0 aliphatic rings. The molecule has 4 heteroatoms. The van der Waals surface area contributed by atoms with Crippen molar-refractivity contribution in [2.45, 2.75) is 6.54 Å². The van der Waals surface area contributed by atoms with E-state index in [1.807, 2.05) is 48.5 Å². The number of aromatic nitrogens is 1.